The van der Waals surface area contributed by atoms with E-state index in [4.69, 9.17) is 23.1 Å². The van der Waals surface area contributed by atoms with Gasteiger partial charge in [-0.2, -0.15) is 4.31 Å². The summed E-state index contributed by atoms with van der Waals surface area (Å²) in [4.78, 5) is 11.1. The van der Waals surface area contributed by atoms with Crippen molar-refractivity contribution in [2.45, 2.75) is 23.5 Å². The van der Waals surface area contributed by atoms with Crippen LogP contribution in [0, 0.1) is 0 Å². The molecule has 1 heterocycles. The van der Waals surface area contributed by atoms with E-state index in [2.05, 4.69) is 0 Å². The monoisotopic (exact) mass is 319 g/mol. The maximum Gasteiger partial charge on any atom is 0.245 e. The van der Waals surface area contributed by atoms with Crippen LogP contribution in [-0.2, 0) is 14.8 Å². The molecule has 0 aliphatic carbocycles. The van der Waals surface area contributed by atoms with Gasteiger partial charge in [0.15, 0.2) is 0 Å². The molecule has 110 valence electrons. The van der Waals surface area contributed by atoms with E-state index in [1.54, 1.807) is 0 Å². The molecule has 0 saturated carbocycles. The topological polar surface area (TPSA) is 127 Å². The summed E-state index contributed by atoms with van der Waals surface area (Å²) >= 11 is 5.88. The number of aliphatic hydroxyl groups excluding tert-OH is 1. The number of carbonyl (C=O) groups excluding carboxylic acids is 1. The van der Waals surface area contributed by atoms with Gasteiger partial charge in [0, 0.05) is 18.7 Å². The minimum absolute atomic E-state index is 0.0104. The number of sulfonamides is 1. The number of amides is 1. The number of rotatable bonds is 3. The van der Waals surface area contributed by atoms with Crippen molar-refractivity contribution in [3.8, 4) is 0 Å². The molecule has 9 heteroatoms. The minimum atomic E-state index is -4.06. The molecule has 20 heavy (non-hydrogen) atoms. The number of β-amino-alcohol motifs (C(OH)–C–C–N with tert-alkyl or cyclic N) is 1. The third-order valence-electron chi connectivity index (χ3n) is 3.10. The normalized spacial score (nSPS) is 23.9. The van der Waals surface area contributed by atoms with Gasteiger partial charge in [0.1, 0.15) is 10.9 Å². The number of benzene rings is 1. The van der Waals surface area contributed by atoms with Crippen molar-refractivity contribution < 1.29 is 18.3 Å². The summed E-state index contributed by atoms with van der Waals surface area (Å²) in [6.45, 7) is -0.207. The lowest BCUT2D eigenvalue weighted by molar-refractivity contribution is -0.121. The summed E-state index contributed by atoms with van der Waals surface area (Å²) in [7, 11) is -4.06. The molecule has 1 fully saturated rings. The lowest BCUT2D eigenvalue weighted by Crippen LogP contribution is -2.43. The van der Waals surface area contributed by atoms with Crippen molar-refractivity contribution in [1.82, 2.24) is 4.31 Å². The Morgan fingerprint density at radius 3 is 2.70 bits per heavy atom. The summed E-state index contributed by atoms with van der Waals surface area (Å²) in [5.74, 6) is -0.815. The Balaban J connectivity index is 2.49. The second kappa shape index (κ2) is 5.21. The van der Waals surface area contributed by atoms with E-state index in [1.165, 1.54) is 18.2 Å². The molecule has 7 nitrogen and oxygen atoms in total. The minimum Gasteiger partial charge on any atom is -0.399 e. The molecule has 1 aliphatic heterocycles. The first-order chi connectivity index (χ1) is 9.23. The Morgan fingerprint density at radius 1 is 1.45 bits per heavy atom. The van der Waals surface area contributed by atoms with Crippen LogP contribution < -0.4 is 11.5 Å². The molecule has 0 radical (unpaired) electrons. The highest BCUT2D eigenvalue weighted by Crippen LogP contribution is 2.31. The molecule has 2 rings (SSSR count). The van der Waals surface area contributed by atoms with Crippen molar-refractivity contribution in [1.29, 1.82) is 0 Å². The number of aliphatic hydroxyl groups is 1. The van der Waals surface area contributed by atoms with Crippen LogP contribution in [0.1, 0.15) is 6.42 Å². The van der Waals surface area contributed by atoms with Gasteiger partial charge in [-0.25, -0.2) is 8.42 Å². The quantitative estimate of drug-likeness (QED) is 0.649. The average Bonchev–Trinajstić information content (AvgIpc) is 2.75. The van der Waals surface area contributed by atoms with E-state index < -0.39 is 28.1 Å². The van der Waals surface area contributed by atoms with Crippen molar-refractivity contribution >= 4 is 33.2 Å². The predicted octanol–water partition coefficient (Wildman–Crippen LogP) is -0.469. The highest BCUT2D eigenvalue weighted by atomic mass is 35.5. The number of nitrogens with two attached hydrogens (primary N) is 2. The van der Waals surface area contributed by atoms with Crippen LogP contribution in [0.4, 0.5) is 5.69 Å². The van der Waals surface area contributed by atoms with Crippen LogP contribution in [0.5, 0.6) is 0 Å². The van der Waals surface area contributed by atoms with Crippen LogP contribution in [0.3, 0.4) is 0 Å². The molecule has 5 N–H and O–H groups in total. The van der Waals surface area contributed by atoms with E-state index in [-0.39, 0.29) is 28.6 Å². The fourth-order valence-electron chi connectivity index (χ4n) is 2.15. The van der Waals surface area contributed by atoms with Gasteiger partial charge in [0.05, 0.1) is 11.1 Å². The predicted molar refractivity (Wildman–Crippen MR) is 73.4 cm³/mol. The molecule has 1 aliphatic rings. The molecule has 1 aromatic carbocycles. The molecular formula is C11H14ClN3O4S. The van der Waals surface area contributed by atoms with E-state index in [1.807, 2.05) is 0 Å². The van der Waals surface area contributed by atoms with E-state index in [9.17, 15) is 18.3 Å². The molecular weight excluding hydrogens is 306 g/mol. The van der Waals surface area contributed by atoms with Crippen LogP contribution in [0.15, 0.2) is 23.1 Å². The molecule has 0 aromatic heterocycles. The molecule has 1 saturated heterocycles. The van der Waals surface area contributed by atoms with Gasteiger partial charge >= 0.3 is 0 Å². The van der Waals surface area contributed by atoms with Crippen molar-refractivity contribution in [2.24, 2.45) is 5.73 Å². The zero-order valence-corrected chi connectivity index (χ0v) is 11.9. The average molecular weight is 320 g/mol. The SMILES string of the molecule is NC(=O)C1CC(O)CN1S(=O)(=O)c1cc(N)ccc1Cl. The number of halogens is 1. The maximum atomic E-state index is 12.5. The van der Waals surface area contributed by atoms with E-state index in [0.717, 1.165) is 4.31 Å². The van der Waals surface area contributed by atoms with Gasteiger partial charge in [-0.05, 0) is 18.2 Å². The number of primary amides is 1. The van der Waals surface area contributed by atoms with Gasteiger partial charge < -0.3 is 16.6 Å². The molecule has 2 unspecified atom stereocenters. The van der Waals surface area contributed by atoms with Gasteiger partial charge in [-0.1, -0.05) is 11.6 Å². The Labute approximate surface area is 121 Å². The second-order valence-electron chi connectivity index (χ2n) is 4.57. The van der Waals surface area contributed by atoms with Gasteiger partial charge in [0.25, 0.3) is 0 Å². The molecule has 0 spiro atoms. The highest BCUT2D eigenvalue weighted by molar-refractivity contribution is 7.89. The summed E-state index contributed by atoms with van der Waals surface area (Å²) in [6, 6.07) is 2.94. The highest BCUT2D eigenvalue weighted by Gasteiger charge is 2.43. The summed E-state index contributed by atoms with van der Waals surface area (Å²) in [5, 5.41) is 9.57. The first-order valence-corrected chi connectivity index (χ1v) is 7.59. The third-order valence-corrected chi connectivity index (χ3v) is 5.46. The Bertz CT molecular complexity index is 649. The van der Waals surface area contributed by atoms with Crippen LogP contribution in [0.2, 0.25) is 5.02 Å². The molecule has 1 amide bonds. The number of hydrogen-bond donors (Lipinski definition) is 3. The smallest absolute Gasteiger partial charge is 0.245 e. The van der Waals surface area contributed by atoms with Crippen molar-refractivity contribution in [3.05, 3.63) is 23.2 Å². The number of anilines is 1. The molecule has 1 aromatic rings. The zero-order valence-electron chi connectivity index (χ0n) is 10.4. The zero-order chi connectivity index (χ0) is 15.1. The fraction of sp³-hybridized carbons (Fsp3) is 0.364. The second-order valence-corrected chi connectivity index (χ2v) is 6.84. The van der Waals surface area contributed by atoms with Gasteiger partial charge in [-0.3, -0.25) is 4.79 Å². The number of carbonyl (C=O) groups is 1. The van der Waals surface area contributed by atoms with E-state index in [0.29, 0.717) is 0 Å². The Kier molecular flexibility index (Phi) is 3.92. The van der Waals surface area contributed by atoms with E-state index >= 15 is 0 Å². The maximum absolute atomic E-state index is 12.5. The lowest BCUT2D eigenvalue weighted by atomic mass is 10.2. The molecule has 0 bridgehead atoms. The van der Waals surface area contributed by atoms with Crippen LogP contribution in [-0.4, -0.2) is 42.4 Å². The Hall–Kier alpha value is -1.35. The van der Waals surface area contributed by atoms with Crippen LogP contribution >= 0.6 is 11.6 Å². The van der Waals surface area contributed by atoms with Crippen molar-refractivity contribution in [2.75, 3.05) is 12.3 Å². The van der Waals surface area contributed by atoms with Crippen LogP contribution in [0.25, 0.3) is 0 Å². The fourth-order valence-corrected chi connectivity index (χ4v) is 4.31. The number of hydrogen-bond acceptors (Lipinski definition) is 5. The lowest BCUT2D eigenvalue weighted by Gasteiger charge is -2.22. The van der Waals surface area contributed by atoms with Gasteiger partial charge in [0.2, 0.25) is 15.9 Å². The summed E-state index contributed by atoms with van der Waals surface area (Å²) < 4.78 is 25.9. The molecule has 2 atom stereocenters. The standard InChI is InChI=1S/C11H14ClN3O4S/c12-8-2-1-6(13)3-10(8)20(18,19)15-5-7(16)4-9(15)11(14)17/h1-3,7,9,16H,4-5,13H2,(H2,14,17). The first-order valence-electron chi connectivity index (χ1n) is 5.77. The number of nitrogen functional groups attached to an aromatic ring is 1. The van der Waals surface area contributed by atoms with Gasteiger partial charge in [-0.15, -0.1) is 0 Å². The summed E-state index contributed by atoms with van der Waals surface area (Å²) in [6.07, 6.45) is -0.976. The Morgan fingerprint density at radius 2 is 2.10 bits per heavy atom. The largest absolute Gasteiger partial charge is 0.399 e. The number of nitrogens with zero attached hydrogens (tertiary/aromatic N) is 1. The first kappa shape index (κ1) is 15.0. The third kappa shape index (κ3) is 2.59. The van der Waals surface area contributed by atoms with Crippen molar-refractivity contribution in [3.63, 3.8) is 0 Å². The summed E-state index contributed by atoms with van der Waals surface area (Å²) in [5.41, 5.74) is 11.0.